The van der Waals surface area contributed by atoms with Gasteiger partial charge < -0.3 is 4.74 Å². The molecule has 0 aromatic heterocycles. The molecule has 4 nitrogen and oxygen atoms in total. The first-order chi connectivity index (χ1) is 10.1. The van der Waals surface area contributed by atoms with E-state index in [-0.39, 0.29) is 5.56 Å². The number of halogens is 1. The Morgan fingerprint density at radius 1 is 1.19 bits per heavy atom. The molecule has 0 atom stereocenters. The van der Waals surface area contributed by atoms with Gasteiger partial charge in [-0.1, -0.05) is 24.3 Å². The van der Waals surface area contributed by atoms with Crippen molar-refractivity contribution in [1.82, 2.24) is 5.43 Å². The second kappa shape index (κ2) is 6.65. The third-order valence-corrected chi connectivity index (χ3v) is 2.93. The summed E-state index contributed by atoms with van der Waals surface area (Å²) in [6, 6.07) is 13.0. The Kier molecular flexibility index (Phi) is 4.66. The summed E-state index contributed by atoms with van der Waals surface area (Å²) in [7, 11) is 1.57. The van der Waals surface area contributed by atoms with Crippen LogP contribution in [0.2, 0.25) is 0 Å². The third kappa shape index (κ3) is 3.66. The number of benzene rings is 2. The number of methoxy groups -OCH3 is 1. The van der Waals surface area contributed by atoms with Crippen molar-refractivity contribution in [2.24, 2.45) is 5.10 Å². The van der Waals surface area contributed by atoms with Gasteiger partial charge in [0.2, 0.25) is 0 Å². The topological polar surface area (TPSA) is 50.7 Å². The molecule has 1 amide bonds. The van der Waals surface area contributed by atoms with Gasteiger partial charge in [-0.05, 0) is 31.2 Å². The predicted octanol–water partition coefficient (Wildman–Crippen LogP) is 2.99. The van der Waals surface area contributed by atoms with E-state index < -0.39 is 11.7 Å². The van der Waals surface area contributed by atoms with Crippen LogP contribution in [-0.4, -0.2) is 18.7 Å². The number of carbonyl (C=O) groups excluding carboxylic acids is 1. The molecule has 0 bridgehead atoms. The van der Waals surface area contributed by atoms with E-state index in [4.69, 9.17) is 4.74 Å². The number of nitrogens with one attached hydrogen (secondary N) is 1. The van der Waals surface area contributed by atoms with Gasteiger partial charge in [0.15, 0.2) is 0 Å². The molecule has 2 aromatic carbocycles. The van der Waals surface area contributed by atoms with Gasteiger partial charge in [0, 0.05) is 5.56 Å². The summed E-state index contributed by atoms with van der Waals surface area (Å²) in [5.41, 5.74) is 3.71. The fraction of sp³-hybridized carbons (Fsp3) is 0.125. The van der Waals surface area contributed by atoms with Gasteiger partial charge in [0.1, 0.15) is 11.6 Å². The monoisotopic (exact) mass is 286 g/mol. The van der Waals surface area contributed by atoms with Crippen LogP contribution in [0.4, 0.5) is 4.39 Å². The molecule has 0 aliphatic heterocycles. The van der Waals surface area contributed by atoms with E-state index in [1.807, 2.05) is 18.2 Å². The highest BCUT2D eigenvalue weighted by Gasteiger charge is 2.10. The first kappa shape index (κ1) is 14.7. The Bertz CT molecular complexity index is 683. The van der Waals surface area contributed by atoms with Gasteiger partial charge in [-0.15, -0.1) is 0 Å². The van der Waals surface area contributed by atoms with Crippen molar-refractivity contribution in [2.45, 2.75) is 6.92 Å². The maximum absolute atomic E-state index is 13.5. The Balaban J connectivity index is 2.13. The first-order valence-electron chi connectivity index (χ1n) is 6.35. The zero-order valence-electron chi connectivity index (χ0n) is 11.8. The largest absolute Gasteiger partial charge is 0.497 e. The molecule has 0 saturated carbocycles. The van der Waals surface area contributed by atoms with Gasteiger partial charge in [-0.3, -0.25) is 4.79 Å². The van der Waals surface area contributed by atoms with Gasteiger partial charge in [0.25, 0.3) is 5.91 Å². The lowest BCUT2D eigenvalue weighted by molar-refractivity contribution is 0.0951. The highest BCUT2D eigenvalue weighted by atomic mass is 19.1. The fourth-order valence-electron chi connectivity index (χ4n) is 1.75. The molecule has 2 aromatic rings. The van der Waals surface area contributed by atoms with Crippen LogP contribution in [0.15, 0.2) is 53.6 Å². The average Bonchev–Trinajstić information content (AvgIpc) is 2.52. The summed E-state index contributed by atoms with van der Waals surface area (Å²) >= 11 is 0. The van der Waals surface area contributed by atoms with Crippen LogP contribution in [-0.2, 0) is 0 Å². The average molecular weight is 286 g/mol. The van der Waals surface area contributed by atoms with Crippen molar-refractivity contribution in [3.05, 3.63) is 65.5 Å². The molecule has 0 radical (unpaired) electrons. The normalized spacial score (nSPS) is 11.1. The van der Waals surface area contributed by atoms with E-state index in [2.05, 4.69) is 10.5 Å². The second-order valence-corrected chi connectivity index (χ2v) is 4.35. The maximum Gasteiger partial charge on any atom is 0.274 e. The Morgan fingerprint density at radius 2 is 1.95 bits per heavy atom. The van der Waals surface area contributed by atoms with Crippen molar-refractivity contribution < 1.29 is 13.9 Å². The first-order valence-corrected chi connectivity index (χ1v) is 6.35. The minimum absolute atomic E-state index is 0.0420. The molecular weight excluding hydrogens is 271 g/mol. The van der Waals surface area contributed by atoms with E-state index >= 15 is 0 Å². The van der Waals surface area contributed by atoms with Crippen LogP contribution in [0.5, 0.6) is 5.75 Å². The van der Waals surface area contributed by atoms with Crippen LogP contribution in [0.25, 0.3) is 0 Å². The predicted molar refractivity (Wildman–Crippen MR) is 79.1 cm³/mol. The number of rotatable bonds is 4. The van der Waals surface area contributed by atoms with Crippen molar-refractivity contribution in [3.63, 3.8) is 0 Å². The van der Waals surface area contributed by atoms with E-state index in [1.54, 1.807) is 26.2 Å². The summed E-state index contributed by atoms with van der Waals surface area (Å²) in [6.45, 7) is 1.75. The van der Waals surface area contributed by atoms with Crippen molar-refractivity contribution in [1.29, 1.82) is 0 Å². The fourth-order valence-corrected chi connectivity index (χ4v) is 1.75. The standard InChI is InChI=1S/C16H15FN2O2/c1-11(12-6-5-7-13(10-12)21-2)18-19-16(20)14-8-3-4-9-15(14)17/h3-10H,1-2H3,(H,19,20). The van der Waals surface area contributed by atoms with Gasteiger partial charge in [-0.25, -0.2) is 9.82 Å². The number of ether oxygens (including phenoxy) is 1. The molecule has 0 aliphatic carbocycles. The maximum atomic E-state index is 13.5. The Morgan fingerprint density at radius 3 is 2.67 bits per heavy atom. The molecule has 108 valence electrons. The van der Waals surface area contributed by atoms with E-state index in [1.165, 1.54) is 18.2 Å². The van der Waals surface area contributed by atoms with Gasteiger partial charge >= 0.3 is 0 Å². The van der Waals surface area contributed by atoms with E-state index in [0.29, 0.717) is 11.5 Å². The summed E-state index contributed by atoms with van der Waals surface area (Å²) in [4.78, 5) is 11.8. The molecule has 0 saturated heterocycles. The zero-order valence-corrected chi connectivity index (χ0v) is 11.8. The lowest BCUT2D eigenvalue weighted by Gasteiger charge is -2.05. The SMILES string of the molecule is COc1cccc(C(C)=NNC(=O)c2ccccc2F)c1. The lowest BCUT2D eigenvalue weighted by Crippen LogP contribution is -2.20. The molecule has 1 N–H and O–H groups in total. The molecule has 0 unspecified atom stereocenters. The van der Waals surface area contributed by atoms with Crippen LogP contribution >= 0.6 is 0 Å². The van der Waals surface area contributed by atoms with Gasteiger partial charge in [-0.2, -0.15) is 5.10 Å². The number of hydrogen-bond donors (Lipinski definition) is 1. The molecule has 0 spiro atoms. The number of nitrogens with zero attached hydrogens (tertiary/aromatic N) is 1. The number of amides is 1. The van der Waals surface area contributed by atoms with Gasteiger partial charge in [0.05, 0.1) is 18.4 Å². The van der Waals surface area contributed by atoms with Crippen molar-refractivity contribution in [2.75, 3.05) is 7.11 Å². The molecular formula is C16H15FN2O2. The van der Waals surface area contributed by atoms with E-state index in [9.17, 15) is 9.18 Å². The molecule has 0 heterocycles. The molecule has 0 fully saturated rings. The third-order valence-electron chi connectivity index (χ3n) is 2.93. The van der Waals surface area contributed by atoms with Crippen LogP contribution in [0, 0.1) is 5.82 Å². The Hall–Kier alpha value is -2.69. The smallest absolute Gasteiger partial charge is 0.274 e. The number of carbonyl (C=O) groups is 1. The quantitative estimate of drug-likeness (QED) is 0.694. The summed E-state index contributed by atoms with van der Waals surface area (Å²) in [6.07, 6.45) is 0. The minimum Gasteiger partial charge on any atom is -0.497 e. The van der Waals surface area contributed by atoms with E-state index in [0.717, 1.165) is 5.56 Å². The number of hydrazone groups is 1. The zero-order chi connectivity index (χ0) is 15.2. The van der Waals surface area contributed by atoms with Crippen molar-refractivity contribution in [3.8, 4) is 5.75 Å². The van der Waals surface area contributed by atoms with Crippen LogP contribution < -0.4 is 10.2 Å². The summed E-state index contributed by atoms with van der Waals surface area (Å²) < 4.78 is 18.6. The molecule has 5 heteroatoms. The van der Waals surface area contributed by atoms with Crippen LogP contribution in [0.3, 0.4) is 0 Å². The summed E-state index contributed by atoms with van der Waals surface area (Å²) in [5, 5.41) is 3.98. The lowest BCUT2D eigenvalue weighted by atomic mass is 10.1. The molecule has 0 aliphatic rings. The number of hydrogen-bond acceptors (Lipinski definition) is 3. The second-order valence-electron chi connectivity index (χ2n) is 4.35. The minimum atomic E-state index is -0.588. The summed E-state index contributed by atoms with van der Waals surface area (Å²) in [5.74, 6) is -0.470. The van der Waals surface area contributed by atoms with Crippen molar-refractivity contribution >= 4 is 11.6 Å². The van der Waals surface area contributed by atoms with Crippen LogP contribution in [0.1, 0.15) is 22.8 Å². The highest BCUT2D eigenvalue weighted by molar-refractivity contribution is 6.01. The molecule has 2 rings (SSSR count). The Labute approximate surface area is 122 Å². The highest BCUT2D eigenvalue weighted by Crippen LogP contribution is 2.13. The molecule has 21 heavy (non-hydrogen) atoms.